The molecule has 0 bridgehead atoms. The minimum atomic E-state index is -0.889. The molecule has 3 aromatic carbocycles. The minimum absolute atomic E-state index is 0.0542. The van der Waals surface area contributed by atoms with E-state index in [4.69, 9.17) is 21.1 Å². The van der Waals surface area contributed by atoms with Crippen LogP contribution in [0.5, 0.6) is 11.5 Å². The number of ketones is 1. The van der Waals surface area contributed by atoms with Crippen LogP contribution in [0, 0.1) is 13.8 Å². The number of methoxy groups -OCH3 is 2. The highest BCUT2D eigenvalue weighted by Crippen LogP contribution is 2.46. The topological polar surface area (TPSA) is 76.1 Å². The zero-order valence-electron chi connectivity index (χ0n) is 19.3. The van der Waals surface area contributed by atoms with E-state index in [1.54, 1.807) is 36.4 Å². The number of amides is 1. The number of aliphatic hydroxyl groups is 1. The summed E-state index contributed by atoms with van der Waals surface area (Å²) in [5, 5.41) is 11.8. The number of aliphatic hydroxyl groups excluding tert-OH is 1. The van der Waals surface area contributed by atoms with Crippen LogP contribution in [0.1, 0.15) is 28.3 Å². The first-order valence-electron chi connectivity index (χ1n) is 10.6. The van der Waals surface area contributed by atoms with E-state index in [0.717, 1.165) is 11.1 Å². The van der Waals surface area contributed by atoms with E-state index in [9.17, 15) is 14.7 Å². The van der Waals surface area contributed by atoms with Crippen LogP contribution < -0.4 is 14.4 Å². The molecule has 0 spiro atoms. The van der Waals surface area contributed by atoms with Gasteiger partial charge in [-0.2, -0.15) is 0 Å². The van der Waals surface area contributed by atoms with Gasteiger partial charge in [0, 0.05) is 0 Å². The zero-order valence-corrected chi connectivity index (χ0v) is 20.0. The summed E-state index contributed by atoms with van der Waals surface area (Å²) in [6, 6.07) is 16.9. The monoisotopic (exact) mass is 477 g/mol. The van der Waals surface area contributed by atoms with Crippen LogP contribution in [0.15, 0.2) is 66.2 Å². The van der Waals surface area contributed by atoms with Gasteiger partial charge in [0.25, 0.3) is 11.7 Å². The fraction of sp³-hybridized carbons (Fsp3) is 0.185. The van der Waals surface area contributed by atoms with Crippen molar-refractivity contribution in [3.05, 3.63) is 93.5 Å². The van der Waals surface area contributed by atoms with Crippen molar-refractivity contribution in [1.29, 1.82) is 0 Å². The van der Waals surface area contributed by atoms with Gasteiger partial charge in [0.15, 0.2) is 0 Å². The highest BCUT2D eigenvalue weighted by atomic mass is 35.5. The molecule has 1 aliphatic rings. The standard InChI is InChI=1S/C27H24ClNO5/c1-15-8-7-9-17(12-15)23-22(24(30)18-13-16(2)14-19(28)26(18)34-4)25(31)27(32)29(23)20-10-5-6-11-21(20)33-3/h5-14,23,30H,1-4H3/b24-22+. The zero-order chi connectivity index (χ0) is 24.6. The smallest absolute Gasteiger partial charge is 0.300 e. The van der Waals surface area contributed by atoms with E-state index in [-0.39, 0.29) is 27.7 Å². The second-order valence-electron chi connectivity index (χ2n) is 8.08. The number of ether oxygens (including phenoxy) is 2. The summed E-state index contributed by atoms with van der Waals surface area (Å²) in [5.74, 6) is -1.29. The molecule has 1 amide bonds. The average Bonchev–Trinajstić information content (AvgIpc) is 3.08. The molecule has 174 valence electrons. The lowest BCUT2D eigenvalue weighted by atomic mass is 9.93. The van der Waals surface area contributed by atoms with Crippen LogP contribution >= 0.6 is 11.6 Å². The molecule has 7 heteroatoms. The van der Waals surface area contributed by atoms with E-state index < -0.39 is 17.7 Å². The highest BCUT2D eigenvalue weighted by Gasteiger charge is 2.48. The van der Waals surface area contributed by atoms with Crippen LogP contribution in [0.3, 0.4) is 0 Å². The Hall–Kier alpha value is -3.77. The number of aryl methyl sites for hydroxylation is 2. The van der Waals surface area contributed by atoms with Gasteiger partial charge < -0.3 is 14.6 Å². The summed E-state index contributed by atoms with van der Waals surface area (Å²) in [5.41, 5.74) is 2.98. The number of hydrogen-bond acceptors (Lipinski definition) is 5. The summed E-state index contributed by atoms with van der Waals surface area (Å²) in [4.78, 5) is 28.2. The molecule has 1 unspecified atom stereocenters. The Bertz CT molecular complexity index is 1330. The van der Waals surface area contributed by atoms with E-state index in [1.165, 1.54) is 19.1 Å². The molecule has 1 saturated heterocycles. The van der Waals surface area contributed by atoms with Crippen molar-refractivity contribution in [2.45, 2.75) is 19.9 Å². The first-order valence-corrected chi connectivity index (χ1v) is 11.0. The van der Waals surface area contributed by atoms with Crippen molar-refractivity contribution in [2.24, 2.45) is 0 Å². The lowest BCUT2D eigenvalue weighted by molar-refractivity contribution is -0.132. The van der Waals surface area contributed by atoms with Gasteiger partial charge in [-0.05, 0) is 49.2 Å². The summed E-state index contributed by atoms with van der Waals surface area (Å²) >= 11 is 6.35. The Balaban J connectivity index is 2.04. The third kappa shape index (κ3) is 3.90. The predicted octanol–water partition coefficient (Wildman–Crippen LogP) is 5.60. The molecule has 1 atom stereocenters. The van der Waals surface area contributed by atoms with Crippen molar-refractivity contribution in [1.82, 2.24) is 0 Å². The van der Waals surface area contributed by atoms with Gasteiger partial charge >= 0.3 is 0 Å². The second-order valence-corrected chi connectivity index (χ2v) is 8.49. The number of Topliss-reactive ketones (excluding diaryl/α,β-unsaturated/α-hetero) is 1. The number of benzene rings is 3. The van der Waals surface area contributed by atoms with Gasteiger partial charge in [-0.1, -0.05) is 53.6 Å². The first-order chi connectivity index (χ1) is 16.3. The molecule has 1 heterocycles. The molecule has 34 heavy (non-hydrogen) atoms. The first kappa shape index (κ1) is 23.4. The number of nitrogens with zero attached hydrogens (tertiary/aromatic N) is 1. The molecule has 0 saturated carbocycles. The summed E-state index contributed by atoms with van der Waals surface area (Å²) in [7, 11) is 2.93. The average molecular weight is 478 g/mol. The van der Waals surface area contributed by atoms with Gasteiger partial charge in [0.1, 0.15) is 17.3 Å². The van der Waals surface area contributed by atoms with Crippen molar-refractivity contribution in [2.75, 3.05) is 19.1 Å². The molecule has 0 aliphatic carbocycles. The number of halogens is 1. The van der Waals surface area contributed by atoms with Crippen LogP contribution in [-0.2, 0) is 9.59 Å². The molecule has 1 N–H and O–H groups in total. The fourth-order valence-electron chi connectivity index (χ4n) is 4.32. The van der Waals surface area contributed by atoms with Crippen LogP contribution in [0.4, 0.5) is 5.69 Å². The Morgan fingerprint density at radius 2 is 1.68 bits per heavy atom. The van der Waals surface area contributed by atoms with Crippen LogP contribution in [0.25, 0.3) is 5.76 Å². The number of para-hydroxylation sites is 2. The van der Waals surface area contributed by atoms with Gasteiger partial charge in [-0.15, -0.1) is 0 Å². The Labute approximate surface area is 203 Å². The largest absolute Gasteiger partial charge is 0.507 e. The predicted molar refractivity (Wildman–Crippen MR) is 132 cm³/mol. The van der Waals surface area contributed by atoms with Crippen molar-refractivity contribution < 1.29 is 24.2 Å². The number of hydrogen-bond donors (Lipinski definition) is 1. The van der Waals surface area contributed by atoms with Crippen molar-refractivity contribution in [3.63, 3.8) is 0 Å². The molecular formula is C27H24ClNO5. The fourth-order valence-corrected chi connectivity index (χ4v) is 4.67. The SMILES string of the molecule is COc1ccccc1N1C(=O)C(=O)/C(=C(/O)c2cc(C)cc(Cl)c2OC)C1c1cccc(C)c1. The van der Waals surface area contributed by atoms with Crippen molar-refractivity contribution in [3.8, 4) is 11.5 Å². The lowest BCUT2D eigenvalue weighted by Crippen LogP contribution is -2.29. The number of rotatable bonds is 5. The molecule has 6 nitrogen and oxygen atoms in total. The Kier molecular flexibility index (Phi) is 6.35. The maximum atomic E-state index is 13.4. The van der Waals surface area contributed by atoms with Gasteiger partial charge in [-0.25, -0.2) is 0 Å². The molecule has 1 aliphatic heterocycles. The Morgan fingerprint density at radius 3 is 2.35 bits per heavy atom. The van der Waals surface area contributed by atoms with Crippen molar-refractivity contribution >= 4 is 34.7 Å². The Morgan fingerprint density at radius 1 is 0.941 bits per heavy atom. The summed E-state index contributed by atoms with van der Waals surface area (Å²) < 4.78 is 10.9. The normalized spacial score (nSPS) is 17.2. The van der Waals surface area contributed by atoms with Crippen LogP contribution in [-0.4, -0.2) is 31.0 Å². The summed E-state index contributed by atoms with van der Waals surface area (Å²) in [6.07, 6.45) is 0. The van der Waals surface area contributed by atoms with E-state index in [0.29, 0.717) is 17.0 Å². The number of carbonyl (C=O) groups excluding carboxylic acids is 2. The maximum Gasteiger partial charge on any atom is 0.300 e. The van der Waals surface area contributed by atoms with E-state index in [2.05, 4.69) is 0 Å². The van der Waals surface area contributed by atoms with E-state index >= 15 is 0 Å². The van der Waals surface area contributed by atoms with Crippen LogP contribution in [0.2, 0.25) is 5.02 Å². The summed E-state index contributed by atoms with van der Waals surface area (Å²) in [6.45, 7) is 3.73. The molecule has 0 radical (unpaired) electrons. The second kappa shape index (κ2) is 9.23. The van der Waals surface area contributed by atoms with Gasteiger partial charge in [-0.3, -0.25) is 14.5 Å². The van der Waals surface area contributed by atoms with Gasteiger partial charge in [0.05, 0.1) is 42.1 Å². The maximum absolute atomic E-state index is 13.4. The lowest BCUT2D eigenvalue weighted by Gasteiger charge is -2.27. The minimum Gasteiger partial charge on any atom is -0.507 e. The molecule has 3 aromatic rings. The molecule has 1 fully saturated rings. The third-order valence-corrected chi connectivity index (χ3v) is 6.07. The highest BCUT2D eigenvalue weighted by molar-refractivity contribution is 6.52. The molecule has 4 rings (SSSR count). The quantitative estimate of drug-likeness (QED) is 0.294. The molecule has 0 aromatic heterocycles. The van der Waals surface area contributed by atoms with Gasteiger partial charge in [0.2, 0.25) is 0 Å². The van der Waals surface area contributed by atoms with E-state index in [1.807, 2.05) is 38.1 Å². The molecular weight excluding hydrogens is 454 g/mol. The number of carbonyl (C=O) groups is 2. The third-order valence-electron chi connectivity index (χ3n) is 5.79. The number of anilines is 1.